The first-order valence-corrected chi connectivity index (χ1v) is 4.56. The summed E-state index contributed by atoms with van der Waals surface area (Å²) < 4.78 is 5.24. The van der Waals surface area contributed by atoms with Crippen LogP contribution in [0.15, 0.2) is 12.2 Å². The summed E-state index contributed by atoms with van der Waals surface area (Å²) in [6.07, 6.45) is 3.75. The van der Waals surface area contributed by atoms with Crippen LogP contribution in [-0.4, -0.2) is 29.2 Å². The Kier molecular flexibility index (Phi) is 2.64. The molecule has 1 rings (SSSR count). The molecule has 74 valence electrons. The Morgan fingerprint density at radius 2 is 2.15 bits per heavy atom. The first-order chi connectivity index (χ1) is 5.90. The number of ether oxygens (including phenoxy) is 1. The zero-order valence-corrected chi connectivity index (χ0v) is 8.70. The van der Waals surface area contributed by atoms with Gasteiger partial charge in [0.25, 0.3) is 0 Å². The first-order valence-electron chi connectivity index (χ1n) is 4.56. The molecule has 0 N–H and O–H groups in total. The van der Waals surface area contributed by atoms with E-state index in [1.165, 1.54) is 0 Å². The number of amides is 1. The van der Waals surface area contributed by atoms with Crippen molar-refractivity contribution in [1.29, 1.82) is 0 Å². The highest BCUT2D eigenvalue weighted by atomic mass is 16.6. The lowest BCUT2D eigenvalue weighted by atomic mass is 10.2. The Bertz CT molecular complexity index is 228. The predicted octanol–water partition coefficient (Wildman–Crippen LogP) is 2.18. The Labute approximate surface area is 79.4 Å². The Balaban J connectivity index is 2.50. The summed E-state index contributed by atoms with van der Waals surface area (Å²) in [4.78, 5) is 13.2. The SMILES string of the molecule is C[C@H]1C=CCN1C(=O)OC(C)(C)C. The summed E-state index contributed by atoms with van der Waals surface area (Å²) >= 11 is 0. The van der Waals surface area contributed by atoms with E-state index in [4.69, 9.17) is 4.74 Å². The van der Waals surface area contributed by atoms with Gasteiger partial charge in [0.15, 0.2) is 0 Å². The van der Waals surface area contributed by atoms with Crippen molar-refractivity contribution in [3.63, 3.8) is 0 Å². The summed E-state index contributed by atoms with van der Waals surface area (Å²) in [5.74, 6) is 0. The molecule has 0 unspecified atom stereocenters. The van der Waals surface area contributed by atoms with Gasteiger partial charge in [-0.05, 0) is 27.7 Å². The summed E-state index contributed by atoms with van der Waals surface area (Å²) in [6.45, 7) is 8.26. The van der Waals surface area contributed by atoms with Gasteiger partial charge in [0.1, 0.15) is 5.60 Å². The molecule has 0 saturated heterocycles. The Morgan fingerprint density at radius 3 is 2.54 bits per heavy atom. The molecule has 0 aromatic carbocycles. The molecule has 0 aromatic rings. The average molecular weight is 183 g/mol. The van der Waals surface area contributed by atoms with Gasteiger partial charge in [-0.1, -0.05) is 12.2 Å². The highest BCUT2D eigenvalue weighted by Crippen LogP contribution is 2.15. The molecular formula is C10H17NO2. The highest BCUT2D eigenvalue weighted by molar-refractivity contribution is 5.69. The number of hydrogen-bond acceptors (Lipinski definition) is 2. The maximum Gasteiger partial charge on any atom is 0.411 e. The topological polar surface area (TPSA) is 29.5 Å². The Morgan fingerprint density at radius 1 is 1.54 bits per heavy atom. The van der Waals surface area contributed by atoms with Crippen LogP contribution in [0.5, 0.6) is 0 Å². The zero-order chi connectivity index (χ0) is 10.1. The number of carbonyl (C=O) groups is 1. The van der Waals surface area contributed by atoms with Gasteiger partial charge in [-0.25, -0.2) is 4.79 Å². The minimum atomic E-state index is -0.403. The Hall–Kier alpha value is -0.990. The van der Waals surface area contributed by atoms with E-state index >= 15 is 0 Å². The molecule has 0 saturated carbocycles. The lowest BCUT2D eigenvalue weighted by Gasteiger charge is -2.26. The van der Waals surface area contributed by atoms with Crippen LogP contribution < -0.4 is 0 Å². The van der Waals surface area contributed by atoms with Crippen molar-refractivity contribution in [2.45, 2.75) is 39.3 Å². The van der Waals surface area contributed by atoms with Crippen LogP contribution in [0.25, 0.3) is 0 Å². The van der Waals surface area contributed by atoms with Crippen molar-refractivity contribution in [1.82, 2.24) is 4.90 Å². The first kappa shape index (κ1) is 10.1. The number of rotatable bonds is 0. The molecule has 0 bridgehead atoms. The fraction of sp³-hybridized carbons (Fsp3) is 0.700. The fourth-order valence-corrected chi connectivity index (χ4v) is 1.20. The van der Waals surface area contributed by atoms with Gasteiger partial charge in [-0.2, -0.15) is 0 Å². The molecule has 3 nitrogen and oxygen atoms in total. The third-order valence-electron chi connectivity index (χ3n) is 1.84. The molecule has 0 radical (unpaired) electrons. The standard InChI is InChI=1S/C10H17NO2/c1-8-6-5-7-11(8)9(12)13-10(2,3)4/h5-6,8H,7H2,1-4H3/t8-/m0/s1. The van der Waals surface area contributed by atoms with Crippen molar-refractivity contribution in [2.24, 2.45) is 0 Å². The fourth-order valence-electron chi connectivity index (χ4n) is 1.20. The molecule has 1 aliphatic rings. The van der Waals surface area contributed by atoms with Crippen LogP contribution in [0.3, 0.4) is 0 Å². The molecule has 0 spiro atoms. The lowest BCUT2D eigenvalue weighted by Crippen LogP contribution is -2.38. The molecule has 0 aliphatic carbocycles. The van der Waals surface area contributed by atoms with Gasteiger partial charge >= 0.3 is 6.09 Å². The van der Waals surface area contributed by atoms with Gasteiger partial charge in [0.05, 0.1) is 6.04 Å². The number of carbonyl (C=O) groups excluding carboxylic acids is 1. The molecule has 3 heteroatoms. The maximum absolute atomic E-state index is 11.5. The predicted molar refractivity (Wildman–Crippen MR) is 51.5 cm³/mol. The smallest absolute Gasteiger partial charge is 0.411 e. The van der Waals surface area contributed by atoms with E-state index in [0.717, 1.165) is 0 Å². The molecular weight excluding hydrogens is 166 g/mol. The monoisotopic (exact) mass is 183 g/mol. The highest BCUT2D eigenvalue weighted by Gasteiger charge is 2.26. The van der Waals surface area contributed by atoms with Gasteiger partial charge in [-0.3, -0.25) is 4.90 Å². The van der Waals surface area contributed by atoms with E-state index in [0.29, 0.717) is 6.54 Å². The van der Waals surface area contributed by atoms with Gasteiger partial charge < -0.3 is 4.74 Å². The van der Waals surface area contributed by atoms with Crippen molar-refractivity contribution in [3.05, 3.63) is 12.2 Å². The van der Waals surface area contributed by atoms with Gasteiger partial charge in [0.2, 0.25) is 0 Å². The second-order valence-corrected chi connectivity index (χ2v) is 4.30. The zero-order valence-electron chi connectivity index (χ0n) is 8.70. The third-order valence-corrected chi connectivity index (χ3v) is 1.84. The van der Waals surface area contributed by atoms with Crippen molar-refractivity contribution in [2.75, 3.05) is 6.54 Å². The molecule has 1 atom stereocenters. The van der Waals surface area contributed by atoms with Crippen molar-refractivity contribution < 1.29 is 9.53 Å². The normalized spacial score (nSPS) is 22.2. The minimum absolute atomic E-state index is 0.162. The van der Waals surface area contributed by atoms with Crippen molar-refractivity contribution in [3.8, 4) is 0 Å². The molecule has 1 amide bonds. The maximum atomic E-state index is 11.5. The third kappa shape index (κ3) is 2.76. The second-order valence-electron chi connectivity index (χ2n) is 4.30. The van der Waals surface area contributed by atoms with Crippen LogP contribution in [0.4, 0.5) is 4.79 Å². The largest absolute Gasteiger partial charge is 0.444 e. The van der Waals surface area contributed by atoms with E-state index in [1.54, 1.807) is 4.90 Å². The summed E-state index contributed by atoms with van der Waals surface area (Å²) in [5.41, 5.74) is -0.403. The second kappa shape index (κ2) is 3.40. The molecule has 13 heavy (non-hydrogen) atoms. The van der Waals surface area contributed by atoms with Gasteiger partial charge in [-0.15, -0.1) is 0 Å². The summed E-state index contributed by atoms with van der Waals surface area (Å²) in [5, 5.41) is 0. The van der Waals surface area contributed by atoms with E-state index in [1.807, 2.05) is 39.8 Å². The molecule has 1 heterocycles. The quantitative estimate of drug-likeness (QED) is 0.539. The van der Waals surface area contributed by atoms with E-state index < -0.39 is 5.60 Å². The van der Waals surface area contributed by atoms with Crippen LogP contribution in [0.1, 0.15) is 27.7 Å². The van der Waals surface area contributed by atoms with Gasteiger partial charge in [0, 0.05) is 6.54 Å². The van der Waals surface area contributed by atoms with Crippen LogP contribution in [0, 0.1) is 0 Å². The summed E-state index contributed by atoms with van der Waals surface area (Å²) in [6, 6.07) is 0.162. The minimum Gasteiger partial charge on any atom is -0.444 e. The molecule has 0 fully saturated rings. The summed E-state index contributed by atoms with van der Waals surface area (Å²) in [7, 11) is 0. The van der Waals surface area contributed by atoms with Crippen LogP contribution in [-0.2, 0) is 4.74 Å². The van der Waals surface area contributed by atoms with Crippen LogP contribution >= 0.6 is 0 Å². The van der Waals surface area contributed by atoms with Crippen molar-refractivity contribution >= 4 is 6.09 Å². The average Bonchev–Trinajstić information content (AvgIpc) is 2.30. The lowest BCUT2D eigenvalue weighted by molar-refractivity contribution is 0.0253. The molecule has 1 aliphatic heterocycles. The van der Waals surface area contributed by atoms with E-state index in [9.17, 15) is 4.79 Å². The van der Waals surface area contributed by atoms with E-state index in [2.05, 4.69) is 0 Å². The molecule has 0 aromatic heterocycles. The van der Waals surface area contributed by atoms with E-state index in [-0.39, 0.29) is 12.1 Å². The number of nitrogens with zero attached hydrogens (tertiary/aromatic N) is 1. The van der Waals surface area contributed by atoms with Crippen LogP contribution in [0.2, 0.25) is 0 Å². The number of hydrogen-bond donors (Lipinski definition) is 0.